The second-order valence-electron chi connectivity index (χ2n) is 6.29. The number of ether oxygens (including phenoxy) is 2. The number of hydrogen-bond acceptors (Lipinski definition) is 5. The topological polar surface area (TPSA) is 84.9 Å². The normalized spacial score (nSPS) is 20.7. The molecule has 0 aliphatic carbocycles. The largest absolute Gasteiger partial charge is 0.467 e. The van der Waals surface area contributed by atoms with Crippen molar-refractivity contribution in [1.29, 1.82) is 0 Å². The summed E-state index contributed by atoms with van der Waals surface area (Å²) in [6, 6.07) is 8.56. The lowest BCUT2D eigenvalue weighted by Crippen LogP contribution is -2.58. The van der Waals surface area contributed by atoms with Crippen LogP contribution < -0.4 is 5.32 Å². The van der Waals surface area contributed by atoms with Crippen molar-refractivity contribution in [3.63, 3.8) is 0 Å². The first-order valence-electron chi connectivity index (χ1n) is 8.25. The molecule has 1 aromatic rings. The molecule has 1 aliphatic rings. The summed E-state index contributed by atoms with van der Waals surface area (Å²) in [6.07, 6.45) is 0.661. The van der Waals surface area contributed by atoms with E-state index in [-0.39, 0.29) is 12.5 Å². The van der Waals surface area contributed by atoms with Crippen LogP contribution in [0.15, 0.2) is 30.3 Å². The molecule has 1 aromatic carbocycles. The van der Waals surface area contributed by atoms with Crippen LogP contribution in [-0.4, -0.2) is 48.1 Å². The molecule has 2 rings (SSSR count). The Morgan fingerprint density at radius 1 is 1.28 bits per heavy atom. The lowest BCUT2D eigenvalue weighted by atomic mass is 9.97. The van der Waals surface area contributed by atoms with Gasteiger partial charge in [0.2, 0.25) is 5.91 Å². The van der Waals surface area contributed by atoms with E-state index in [4.69, 9.17) is 4.74 Å². The van der Waals surface area contributed by atoms with E-state index < -0.39 is 23.6 Å². The number of likely N-dealkylation sites (tertiary alicyclic amines) is 1. The zero-order chi connectivity index (χ0) is 18.4. The van der Waals surface area contributed by atoms with Gasteiger partial charge in [-0.15, -0.1) is 0 Å². The molecule has 2 atom stereocenters. The summed E-state index contributed by atoms with van der Waals surface area (Å²) in [5.74, 6) is -0.923. The molecule has 0 bridgehead atoms. The summed E-state index contributed by atoms with van der Waals surface area (Å²) >= 11 is 0. The van der Waals surface area contributed by atoms with Crippen LogP contribution in [0.25, 0.3) is 0 Å². The van der Waals surface area contributed by atoms with Gasteiger partial charge in [0, 0.05) is 6.54 Å². The fourth-order valence-corrected chi connectivity index (χ4v) is 2.88. The summed E-state index contributed by atoms with van der Waals surface area (Å²) in [6.45, 7) is 3.81. The maximum absolute atomic E-state index is 12.6. The van der Waals surface area contributed by atoms with E-state index in [9.17, 15) is 14.4 Å². The highest BCUT2D eigenvalue weighted by atomic mass is 16.6. The molecule has 0 spiro atoms. The van der Waals surface area contributed by atoms with Crippen molar-refractivity contribution >= 4 is 18.0 Å². The number of esters is 1. The van der Waals surface area contributed by atoms with Crippen LogP contribution in [0.3, 0.4) is 0 Å². The highest BCUT2D eigenvalue weighted by Gasteiger charge is 2.47. The van der Waals surface area contributed by atoms with E-state index >= 15 is 0 Å². The van der Waals surface area contributed by atoms with Gasteiger partial charge < -0.3 is 14.8 Å². The van der Waals surface area contributed by atoms with Crippen LogP contribution in [0.5, 0.6) is 0 Å². The molecule has 1 fully saturated rings. The number of nitrogens with zero attached hydrogens (tertiary/aromatic N) is 1. The fraction of sp³-hybridized carbons (Fsp3) is 0.500. The molecule has 0 radical (unpaired) electrons. The minimum Gasteiger partial charge on any atom is -0.467 e. The SMILES string of the molecule is COC(=O)[C@H](C)NC(=O)[C@]1(C)CCCN1C(=O)OCc1ccccc1. The lowest BCUT2D eigenvalue weighted by Gasteiger charge is -2.33. The van der Waals surface area contributed by atoms with Gasteiger partial charge in [-0.3, -0.25) is 9.69 Å². The van der Waals surface area contributed by atoms with Crippen molar-refractivity contribution in [3.05, 3.63) is 35.9 Å². The number of carbonyl (C=O) groups excluding carboxylic acids is 3. The Morgan fingerprint density at radius 2 is 1.96 bits per heavy atom. The summed E-state index contributed by atoms with van der Waals surface area (Å²) in [7, 11) is 1.26. The number of methoxy groups -OCH3 is 1. The Kier molecular flexibility index (Phi) is 6.01. The average molecular weight is 348 g/mol. The molecule has 1 aliphatic heterocycles. The standard InChI is InChI=1S/C18H24N2O5/c1-13(15(21)24-3)19-16(22)18(2)10-7-11-20(18)17(23)25-12-14-8-5-4-6-9-14/h4-6,8-9,13H,7,10-12H2,1-3H3,(H,19,22)/t13-,18-/m0/s1. The fourth-order valence-electron chi connectivity index (χ4n) is 2.88. The third-order valence-corrected chi connectivity index (χ3v) is 4.46. The first-order valence-corrected chi connectivity index (χ1v) is 8.25. The van der Waals surface area contributed by atoms with Crippen molar-refractivity contribution in [1.82, 2.24) is 10.2 Å². The third-order valence-electron chi connectivity index (χ3n) is 4.46. The van der Waals surface area contributed by atoms with E-state index in [0.717, 1.165) is 5.56 Å². The van der Waals surface area contributed by atoms with Gasteiger partial charge in [0.25, 0.3) is 0 Å². The quantitative estimate of drug-likeness (QED) is 0.821. The molecule has 0 saturated carbocycles. The van der Waals surface area contributed by atoms with Gasteiger partial charge in [0.15, 0.2) is 0 Å². The maximum atomic E-state index is 12.6. The van der Waals surface area contributed by atoms with E-state index in [0.29, 0.717) is 19.4 Å². The Morgan fingerprint density at radius 3 is 2.60 bits per heavy atom. The van der Waals surface area contributed by atoms with Gasteiger partial charge in [-0.05, 0) is 32.3 Å². The van der Waals surface area contributed by atoms with Crippen LogP contribution in [0.1, 0.15) is 32.3 Å². The van der Waals surface area contributed by atoms with Gasteiger partial charge in [-0.25, -0.2) is 9.59 Å². The predicted octanol–water partition coefficient (Wildman–Crippen LogP) is 1.86. The molecular weight excluding hydrogens is 324 g/mol. The Balaban J connectivity index is 2.00. The van der Waals surface area contributed by atoms with Crippen molar-refractivity contribution in [2.24, 2.45) is 0 Å². The molecule has 7 heteroatoms. The van der Waals surface area contributed by atoms with E-state index in [1.54, 1.807) is 13.8 Å². The first-order chi connectivity index (χ1) is 11.9. The Hall–Kier alpha value is -2.57. The van der Waals surface area contributed by atoms with Crippen LogP contribution >= 0.6 is 0 Å². The smallest absolute Gasteiger partial charge is 0.410 e. The summed E-state index contributed by atoms with van der Waals surface area (Å²) in [5, 5.41) is 2.61. The third kappa shape index (κ3) is 4.29. The molecular formula is C18H24N2O5. The molecule has 2 amide bonds. The maximum Gasteiger partial charge on any atom is 0.410 e. The average Bonchev–Trinajstić information content (AvgIpc) is 3.02. The van der Waals surface area contributed by atoms with Crippen molar-refractivity contribution in [3.8, 4) is 0 Å². The molecule has 1 saturated heterocycles. The first kappa shape index (κ1) is 18.8. The predicted molar refractivity (Wildman–Crippen MR) is 90.6 cm³/mol. The van der Waals surface area contributed by atoms with Gasteiger partial charge in [0.05, 0.1) is 7.11 Å². The molecule has 1 N–H and O–H groups in total. The van der Waals surface area contributed by atoms with Crippen molar-refractivity contribution < 1.29 is 23.9 Å². The Bertz CT molecular complexity index is 634. The minimum absolute atomic E-state index is 0.145. The monoisotopic (exact) mass is 348 g/mol. The van der Waals surface area contributed by atoms with Gasteiger partial charge in [0.1, 0.15) is 18.2 Å². The molecule has 25 heavy (non-hydrogen) atoms. The van der Waals surface area contributed by atoms with Gasteiger partial charge >= 0.3 is 12.1 Å². The van der Waals surface area contributed by atoms with Crippen LogP contribution in [0, 0.1) is 0 Å². The second-order valence-corrected chi connectivity index (χ2v) is 6.29. The minimum atomic E-state index is -1.05. The van der Waals surface area contributed by atoms with Gasteiger partial charge in [-0.1, -0.05) is 30.3 Å². The summed E-state index contributed by atoms with van der Waals surface area (Å²) in [4.78, 5) is 38.0. The van der Waals surface area contributed by atoms with Crippen LogP contribution in [-0.2, 0) is 25.7 Å². The summed E-state index contributed by atoms with van der Waals surface area (Å²) in [5.41, 5.74) is -0.170. The number of benzene rings is 1. The van der Waals surface area contributed by atoms with E-state index in [2.05, 4.69) is 10.1 Å². The highest BCUT2D eigenvalue weighted by Crippen LogP contribution is 2.30. The molecule has 0 unspecified atom stereocenters. The zero-order valence-electron chi connectivity index (χ0n) is 14.8. The summed E-state index contributed by atoms with van der Waals surface area (Å²) < 4.78 is 9.96. The van der Waals surface area contributed by atoms with Crippen molar-refractivity contribution in [2.75, 3.05) is 13.7 Å². The number of hydrogen-bond donors (Lipinski definition) is 1. The lowest BCUT2D eigenvalue weighted by molar-refractivity contribution is -0.145. The van der Waals surface area contributed by atoms with E-state index in [1.165, 1.54) is 12.0 Å². The van der Waals surface area contributed by atoms with Crippen LogP contribution in [0.4, 0.5) is 4.79 Å². The zero-order valence-corrected chi connectivity index (χ0v) is 14.8. The Labute approximate surface area is 147 Å². The molecule has 1 heterocycles. The van der Waals surface area contributed by atoms with Gasteiger partial charge in [-0.2, -0.15) is 0 Å². The van der Waals surface area contributed by atoms with Crippen LogP contribution in [0.2, 0.25) is 0 Å². The molecule has 7 nitrogen and oxygen atoms in total. The molecule has 136 valence electrons. The second kappa shape index (κ2) is 8.00. The number of rotatable bonds is 5. The number of amides is 2. The molecule has 0 aromatic heterocycles. The number of carbonyl (C=O) groups is 3. The highest BCUT2D eigenvalue weighted by molar-refractivity contribution is 5.93. The number of nitrogens with one attached hydrogen (secondary N) is 1. The van der Waals surface area contributed by atoms with E-state index in [1.807, 2.05) is 30.3 Å². The van der Waals surface area contributed by atoms with Crippen molar-refractivity contribution in [2.45, 2.75) is 44.9 Å².